The van der Waals surface area contributed by atoms with E-state index in [1.165, 1.54) is 31.2 Å². The minimum Gasteiger partial charge on any atom is -0.381 e. The topological polar surface area (TPSA) is 56.6 Å². The van der Waals surface area contributed by atoms with Crippen molar-refractivity contribution in [2.75, 3.05) is 39.4 Å². The Morgan fingerprint density at radius 3 is 2.60 bits per heavy atom. The first-order valence-electron chi connectivity index (χ1n) is 11.7. The van der Waals surface area contributed by atoms with Crippen LogP contribution in [0.4, 0.5) is 0 Å². The summed E-state index contributed by atoms with van der Waals surface area (Å²) < 4.78 is 5.39. The number of hydrogen-bond acceptors (Lipinski definition) is 4. The summed E-state index contributed by atoms with van der Waals surface area (Å²) in [6, 6.07) is 13.4. The summed E-state index contributed by atoms with van der Waals surface area (Å²) in [6.45, 7) is 4.86. The zero-order valence-corrected chi connectivity index (χ0v) is 17.8. The highest BCUT2D eigenvalue weighted by molar-refractivity contribution is 5.80. The molecule has 3 aliphatic heterocycles. The van der Waals surface area contributed by atoms with E-state index in [4.69, 9.17) is 4.74 Å². The largest absolute Gasteiger partial charge is 0.381 e. The van der Waals surface area contributed by atoms with Gasteiger partial charge in [-0.15, -0.1) is 0 Å². The fourth-order valence-corrected chi connectivity index (χ4v) is 6.07. The van der Waals surface area contributed by atoms with Crippen LogP contribution < -0.4 is 0 Å². The molecule has 5 rings (SSSR count). The number of nitriles is 1. The van der Waals surface area contributed by atoms with Crippen molar-refractivity contribution in [2.45, 2.75) is 50.0 Å². The lowest BCUT2D eigenvalue weighted by atomic mass is 9.80. The van der Waals surface area contributed by atoms with Crippen LogP contribution in [-0.4, -0.2) is 60.6 Å². The van der Waals surface area contributed by atoms with E-state index in [-0.39, 0.29) is 17.4 Å². The summed E-state index contributed by atoms with van der Waals surface area (Å²) in [5.74, 6) is 2.72. The highest BCUT2D eigenvalue weighted by atomic mass is 16.5. The maximum Gasteiger partial charge on any atom is 0.228 e. The second-order valence-corrected chi connectivity index (χ2v) is 9.99. The van der Waals surface area contributed by atoms with Crippen molar-refractivity contribution in [1.29, 1.82) is 5.26 Å². The number of piperidine rings is 1. The summed E-state index contributed by atoms with van der Waals surface area (Å²) in [7, 11) is 0. The van der Waals surface area contributed by atoms with Gasteiger partial charge in [0.2, 0.25) is 5.91 Å². The molecule has 4 fully saturated rings. The summed E-state index contributed by atoms with van der Waals surface area (Å²) in [4.78, 5) is 17.2. The van der Waals surface area contributed by atoms with Gasteiger partial charge in [-0.25, -0.2) is 0 Å². The van der Waals surface area contributed by atoms with E-state index in [1.807, 2.05) is 4.90 Å². The monoisotopic (exact) mass is 407 g/mol. The standard InChI is InChI=1S/C25H33N3O2/c26-10-9-25(17-27(18-25)24(29)21-8-13-30-16-21)28-11-6-19(7-12-28)14-22-15-23(22)20-4-2-1-3-5-20/h1-5,19,21-23H,6-9,11-18H2/t21-,22-,23?/m1/s1. The normalized spacial score (nSPS) is 31.2. The molecule has 3 atom stereocenters. The summed E-state index contributed by atoms with van der Waals surface area (Å²) in [5, 5.41) is 9.45. The van der Waals surface area contributed by atoms with Crippen molar-refractivity contribution < 1.29 is 9.53 Å². The molecule has 0 radical (unpaired) electrons. The highest BCUT2D eigenvalue weighted by Gasteiger charge is 2.51. The fourth-order valence-electron chi connectivity index (χ4n) is 6.07. The summed E-state index contributed by atoms with van der Waals surface area (Å²) >= 11 is 0. The number of hydrogen-bond donors (Lipinski definition) is 0. The van der Waals surface area contributed by atoms with Crippen LogP contribution in [0.25, 0.3) is 0 Å². The van der Waals surface area contributed by atoms with Crippen molar-refractivity contribution in [3.05, 3.63) is 35.9 Å². The van der Waals surface area contributed by atoms with E-state index in [0.29, 0.717) is 19.6 Å². The molecule has 5 nitrogen and oxygen atoms in total. The quantitative estimate of drug-likeness (QED) is 0.725. The molecule has 3 heterocycles. The van der Waals surface area contributed by atoms with Crippen LogP contribution in [0.2, 0.25) is 0 Å². The number of ether oxygens (including phenoxy) is 1. The molecule has 0 spiro atoms. The van der Waals surface area contributed by atoms with Gasteiger partial charge < -0.3 is 9.64 Å². The number of carbonyl (C=O) groups is 1. The minimum absolute atomic E-state index is 0.0342. The number of nitrogens with zero attached hydrogens (tertiary/aromatic N) is 3. The van der Waals surface area contributed by atoms with Crippen LogP contribution in [0.15, 0.2) is 30.3 Å². The van der Waals surface area contributed by atoms with Gasteiger partial charge in [-0.05, 0) is 68.5 Å². The Bertz CT molecular complexity index is 784. The van der Waals surface area contributed by atoms with Crippen molar-refractivity contribution in [3.63, 3.8) is 0 Å². The molecular formula is C25H33N3O2. The van der Waals surface area contributed by atoms with E-state index in [0.717, 1.165) is 50.4 Å². The Labute approximate surface area is 180 Å². The van der Waals surface area contributed by atoms with Gasteiger partial charge >= 0.3 is 0 Å². The Hall–Kier alpha value is -1.90. The first-order chi connectivity index (χ1) is 14.7. The molecule has 30 heavy (non-hydrogen) atoms. The molecule has 1 unspecified atom stereocenters. The van der Waals surface area contributed by atoms with Gasteiger partial charge in [0, 0.05) is 19.7 Å². The first-order valence-corrected chi connectivity index (χ1v) is 11.7. The minimum atomic E-state index is -0.110. The average Bonchev–Trinajstić information content (AvgIpc) is 3.29. The Morgan fingerprint density at radius 2 is 1.93 bits per heavy atom. The lowest BCUT2D eigenvalue weighted by molar-refractivity contribution is -0.152. The first kappa shape index (κ1) is 20.0. The molecule has 1 aromatic rings. The molecule has 1 aliphatic carbocycles. The molecule has 160 valence electrons. The van der Waals surface area contributed by atoms with Crippen LogP contribution in [0, 0.1) is 29.1 Å². The SMILES string of the molecule is N#CCC1(N2CCC(C[C@@H]3CC3c3ccccc3)CC2)CN(C(=O)[C@@H]2CCOC2)C1. The van der Waals surface area contributed by atoms with Gasteiger partial charge in [-0.2, -0.15) is 5.26 Å². The third-order valence-corrected chi connectivity index (χ3v) is 8.04. The van der Waals surface area contributed by atoms with Gasteiger partial charge in [-0.3, -0.25) is 9.69 Å². The zero-order chi connectivity index (χ0) is 20.6. The lowest BCUT2D eigenvalue weighted by Crippen LogP contribution is -2.72. The Morgan fingerprint density at radius 1 is 1.17 bits per heavy atom. The third-order valence-electron chi connectivity index (χ3n) is 8.04. The molecule has 3 saturated heterocycles. The van der Waals surface area contributed by atoms with Gasteiger partial charge in [0.1, 0.15) is 0 Å². The van der Waals surface area contributed by atoms with Crippen molar-refractivity contribution >= 4 is 5.91 Å². The van der Waals surface area contributed by atoms with E-state index in [2.05, 4.69) is 41.3 Å². The number of likely N-dealkylation sites (tertiary alicyclic amines) is 2. The number of benzene rings is 1. The molecule has 0 N–H and O–H groups in total. The molecule has 1 aromatic carbocycles. The van der Waals surface area contributed by atoms with Crippen molar-refractivity contribution in [2.24, 2.45) is 17.8 Å². The molecule has 1 amide bonds. The van der Waals surface area contributed by atoms with Gasteiger partial charge in [-0.1, -0.05) is 30.3 Å². The summed E-state index contributed by atoms with van der Waals surface area (Å²) in [5.41, 5.74) is 1.40. The number of amides is 1. The molecule has 1 saturated carbocycles. The molecule has 0 bridgehead atoms. The molecule has 4 aliphatic rings. The van der Waals surface area contributed by atoms with Crippen LogP contribution in [-0.2, 0) is 9.53 Å². The second kappa shape index (κ2) is 8.32. The van der Waals surface area contributed by atoms with Gasteiger partial charge in [0.05, 0.1) is 30.6 Å². The highest BCUT2D eigenvalue weighted by Crippen LogP contribution is 2.52. The molecule has 5 heteroatoms. The van der Waals surface area contributed by atoms with Gasteiger partial charge in [0.25, 0.3) is 0 Å². The predicted molar refractivity (Wildman–Crippen MR) is 115 cm³/mol. The fraction of sp³-hybridized carbons (Fsp3) is 0.680. The number of carbonyl (C=O) groups excluding carboxylic acids is 1. The maximum atomic E-state index is 12.7. The van der Waals surface area contributed by atoms with Gasteiger partial charge in [0.15, 0.2) is 0 Å². The Kier molecular flexibility index (Phi) is 5.56. The lowest BCUT2D eigenvalue weighted by Gasteiger charge is -2.57. The summed E-state index contributed by atoms with van der Waals surface area (Å²) in [6.07, 6.45) is 6.54. The van der Waals surface area contributed by atoms with E-state index >= 15 is 0 Å². The van der Waals surface area contributed by atoms with Crippen LogP contribution in [0.1, 0.15) is 50.0 Å². The van der Waals surface area contributed by atoms with Crippen LogP contribution in [0.5, 0.6) is 0 Å². The van der Waals surface area contributed by atoms with Crippen molar-refractivity contribution in [3.8, 4) is 6.07 Å². The molecule has 0 aromatic heterocycles. The molecular weight excluding hydrogens is 374 g/mol. The number of rotatable bonds is 6. The van der Waals surface area contributed by atoms with Crippen molar-refractivity contribution in [1.82, 2.24) is 9.80 Å². The van der Waals surface area contributed by atoms with E-state index in [1.54, 1.807) is 0 Å². The van der Waals surface area contributed by atoms with E-state index in [9.17, 15) is 10.1 Å². The van der Waals surface area contributed by atoms with Crippen LogP contribution >= 0.6 is 0 Å². The zero-order valence-electron chi connectivity index (χ0n) is 17.8. The maximum absolute atomic E-state index is 12.7. The van der Waals surface area contributed by atoms with E-state index < -0.39 is 0 Å². The second-order valence-electron chi connectivity index (χ2n) is 9.99. The predicted octanol–water partition coefficient (Wildman–Crippen LogP) is 3.42. The van der Waals surface area contributed by atoms with Crippen LogP contribution in [0.3, 0.4) is 0 Å². The average molecular weight is 408 g/mol. The Balaban J connectivity index is 1.11. The smallest absolute Gasteiger partial charge is 0.228 e. The third kappa shape index (κ3) is 3.88.